The van der Waals surface area contributed by atoms with E-state index in [0.717, 1.165) is 61.1 Å². The summed E-state index contributed by atoms with van der Waals surface area (Å²) in [4.78, 5) is 15.4. The second-order valence-corrected chi connectivity index (χ2v) is 13.5. The summed E-state index contributed by atoms with van der Waals surface area (Å²) < 4.78 is 12.4. The molecule has 0 saturated carbocycles. The number of nitrogens with zero attached hydrogens (tertiary/aromatic N) is 1. The van der Waals surface area contributed by atoms with Crippen molar-refractivity contribution in [2.45, 2.75) is 77.4 Å². The van der Waals surface area contributed by atoms with Crippen LogP contribution in [-0.2, 0) is 14.3 Å². The first-order chi connectivity index (χ1) is 17.6. The minimum atomic E-state index is -0.466. The van der Waals surface area contributed by atoms with Crippen molar-refractivity contribution in [3.63, 3.8) is 0 Å². The van der Waals surface area contributed by atoms with Gasteiger partial charge in [-0.1, -0.05) is 56.0 Å². The second kappa shape index (κ2) is 13.6. The van der Waals surface area contributed by atoms with Crippen LogP contribution in [0.15, 0.2) is 77.8 Å². The Morgan fingerprint density at radius 3 is 2.65 bits per heavy atom. The average molecular weight is 524 g/mol. The summed E-state index contributed by atoms with van der Waals surface area (Å²) >= 11 is 0. The van der Waals surface area contributed by atoms with Gasteiger partial charge in [0.05, 0.1) is 10.9 Å². The van der Waals surface area contributed by atoms with Gasteiger partial charge in [0.25, 0.3) is 0 Å². The number of ether oxygens (including phenoxy) is 2. The van der Waals surface area contributed by atoms with E-state index in [0.29, 0.717) is 27.1 Å². The summed E-state index contributed by atoms with van der Waals surface area (Å²) in [6.45, 7) is 16.3. The third-order valence-corrected chi connectivity index (χ3v) is 9.08. The lowest BCUT2D eigenvalue weighted by molar-refractivity contribution is -0.144. The first-order valence-electron chi connectivity index (χ1n) is 13.7. The Kier molecular flexibility index (Phi) is 10.8. The predicted octanol–water partition coefficient (Wildman–Crippen LogP) is 7.60. The van der Waals surface area contributed by atoms with E-state index in [1.165, 1.54) is 5.56 Å². The molecular formula is C32H46NO3P. The normalized spacial score (nSPS) is 22.8. The Hall–Kier alpha value is -2.16. The van der Waals surface area contributed by atoms with E-state index in [2.05, 4.69) is 87.9 Å². The molecular weight excluding hydrogens is 477 g/mol. The van der Waals surface area contributed by atoms with Gasteiger partial charge in [-0.2, -0.15) is 0 Å². The van der Waals surface area contributed by atoms with Gasteiger partial charge in [0.2, 0.25) is 0 Å². The van der Waals surface area contributed by atoms with E-state index in [9.17, 15) is 4.79 Å². The molecule has 0 saturated heterocycles. The van der Waals surface area contributed by atoms with Gasteiger partial charge in [0.15, 0.2) is 0 Å². The van der Waals surface area contributed by atoms with Gasteiger partial charge >= 0.3 is 5.97 Å². The maximum Gasteiger partial charge on any atom is 0.315 e. The van der Waals surface area contributed by atoms with Crippen LogP contribution in [0, 0.1) is 5.92 Å². The maximum atomic E-state index is 13.0. The van der Waals surface area contributed by atoms with Gasteiger partial charge in [-0.3, -0.25) is 4.79 Å². The molecule has 1 aliphatic carbocycles. The summed E-state index contributed by atoms with van der Waals surface area (Å²) in [6, 6.07) is 11.2. The smallest absolute Gasteiger partial charge is 0.315 e. The van der Waals surface area contributed by atoms with Crippen molar-refractivity contribution in [1.29, 1.82) is 0 Å². The fourth-order valence-electron chi connectivity index (χ4n) is 4.74. The zero-order chi connectivity index (χ0) is 27.0. The predicted molar refractivity (Wildman–Crippen MR) is 157 cm³/mol. The highest BCUT2D eigenvalue weighted by Gasteiger charge is 2.30. The third kappa shape index (κ3) is 8.69. The minimum Gasteiger partial charge on any atom is -0.462 e. The molecule has 37 heavy (non-hydrogen) atoms. The summed E-state index contributed by atoms with van der Waals surface area (Å²) in [5, 5.41) is -0.466. The quantitative estimate of drug-likeness (QED) is 0.284. The molecule has 3 unspecified atom stereocenters. The summed E-state index contributed by atoms with van der Waals surface area (Å²) in [6.07, 6.45) is 11.0. The summed E-state index contributed by atoms with van der Waals surface area (Å²) in [5.74, 6) is 2.14. The molecule has 0 amide bonds. The Bertz CT molecular complexity index is 1020. The molecule has 2 aliphatic rings. The fraction of sp³-hybridized carbons (Fsp3) is 0.531. The first kappa shape index (κ1) is 29.4. The molecule has 0 radical (unpaired) electrons. The number of cyclic esters (lactones) is 1. The van der Waals surface area contributed by atoms with Crippen LogP contribution >= 0.6 is 8.58 Å². The summed E-state index contributed by atoms with van der Waals surface area (Å²) in [7, 11) is 2.71. The highest BCUT2D eigenvalue weighted by atomic mass is 31.1. The van der Waals surface area contributed by atoms with E-state index in [-0.39, 0.29) is 11.9 Å². The third-order valence-electron chi connectivity index (χ3n) is 7.46. The zero-order valence-corrected chi connectivity index (χ0v) is 24.7. The van der Waals surface area contributed by atoms with E-state index in [1.54, 1.807) is 0 Å². The van der Waals surface area contributed by atoms with Crippen molar-refractivity contribution in [1.82, 2.24) is 4.90 Å². The summed E-state index contributed by atoms with van der Waals surface area (Å²) in [5.41, 5.74) is 3.48. The molecule has 202 valence electrons. The molecule has 4 nitrogen and oxygen atoms in total. The molecule has 3 atom stereocenters. The minimum absolute atomic E-state index is 0.105. The van der Waals surface area contributed by atoms with Gasteiger partial charge in [-0.15, -0.1) is 8.58 Å². The number of fused-ring (bicyclic) bond motifs is 1. The van der Waals surface area contributed by atoms with E-state index >= 15 is 0 Å². The molecule has 1 aromatic rings. The molecule has 1 aromatic carbocycles. The lowest BCUT2D eigenvalue weighted by atomic mass is 9.86. The molecule has 0 spiro atoms. The number of benzene rings is 1. The topological polar surface area (TPSA) is 38.8 Å². The molecule has 0 N–H and O–H groups in total. The van der Waals surface area contributed by atoms with Gasteiger partial charge in [0, 0.05) is 24.0 Å². The van der Waals surface area contributed by atoms with Crippen molar-refractivity contribution in [3.05, 3.63) is 83.4 Å². The van der Waals surface area contributed by atoms with Gasteiger partial charge < -0.3 is 14.4 Å². The Balaban J connectivity index is 2.05. The van der Waals surface area contributed by atoms with E-state index in [1.807, 2.05) is 13.8 Å². The van der Waals surface area contributed by atoms with Crippen molar-refractivity contribution >= 4 is 14.6 Å². The van der Waals surface area contributed by atoms with E-state index in [4.69, 9.17) is 9.47 Å². The van der Waals surface area contributed by atoms with Crippen LogP contribution in [0.5, 0.6) is 0 Å². The number of carbonyl (C=O) groups is 1. The van der Waals surface area contributed by atoms with Crippen LogP contribution in [0.2, 0.25) is 0 Å². The second-order valence-electron chi connectivity index (χ2n) is 11.4. The molecule has 1 aliphatic heterocycles. The van der Waals surface area contributed by atoms with Crippen LogP contribution in [0.25, 0.3) is 0 Å². The Morgan fingerprint density at radius 1 is 1.22 bits per heavy atom. The van der Waals surface area contributed by atoms with Crippen LogP contribution in [0.4, 0.5) is 0 Å². The number of allylic oxidation sites excluding steroid dienone is 5. The lowest BCUT2D eigenvalue weighted by Gasteiger charge is -2.27. The van der Waals surface area contributed by atoms with E-state index < -0.39 is 5.16 Å². The lowest BCUT2D eigenvalue weighted by Crippen LogP contribution is -2.30. The van der Waals surface area contributed by atoms with Crippen molar-refractivity contribution in [2.75, 3.05) is 26.4 Å². The molecule has 0 fully saturated rings. The zero-order valence-electron chi connectivity index (χ0n) is 23.7. The Labute approximate surface area is 226 Å². The first-order valence-corrected chi connectivity index (χ1v) is 14.9. The number of hydrogen-bond acceptors (Lipinski definition) is 4. The highest BCUT2D eigenvalue weighted by molar-refractivity contribution is 7.41. The van der Waals surface area contributed by atoms with Crippen molar-refractivity contribution in [2.24, 2.45) is 5.92 Å². The standard InChI is InChI=1S/C32H46NO3P/c1-23(2)33(7)18-16-28(27-13-9-8-10-14-27)29-21-26-12-11-15-30(29)36-25(4)20-24(3)17-19-37-32(5,6)31(34)35-22-26/h8-11,13-15,21,23-24,28,37H,4,12,16-20,22H2,1-3,5-7H3. The molecule has 3 rings (SSSR count). The van der Waals surface area contributed by atoms with Gasteiger partial charge in [-0.05, 0) is 89.8 Å². The van der Waals surface area contributed by atoms with Crippen molar-refractivity contribution < 1.29 is 14.3 Å². The molecule has 1 heterocycles. The fourth-order valence-corrected chi connectivity index (χ4v) is 6.22. The monoisotopic (exact) mass is 523 g/mol. The SMILES string of the molecule is C=C1CC(C)CCPC(C)(C)C(=O)OCC2=CC(C(CCN(C)C(C)C)c3ccccc3)=C(C=CC2)O1. The number of esters is 1. The number of rotatable bonds is 6. The maximum absolute atomic E-state index is 13.0. The van der Waals surface area contributed by atoms with Crippen LogP contribution < -0.4 is 0 Å². The van der Waals surface area contributed by atoms with Crippen LogP contribution in [0.1, 0.15) is 71.8 Å². The molecule has 2 bridgehead atoms. The Morgan fingerprint density at radius 2 is 1.95 bits per heavy atom. The molecule has 5 heteroatoms. The van der Waals surface area contributed by atoms with Gasteiger partial charge in [-0.25, -0.2) is 0 Å². The highest BCUT2D eigenvalue weighted by Crippen LogP contribution is 2.38. The average Bonchev–Trinajstić information content (AvgIpc) is 3.04. The molecule has 0 aromatic heterocycles. The number of carbonyl (C=O) groups excluding carboxylic acids is 1. The van der Waals surface area contributed by atoms with Crippen molar-refractivity contribution in [3.8, 4) is 0 Å². The number of hydrogen-bond donors (Lipinski definition) is 0. The largest absolute Gasteiger partial charge is 0.462 e. The van der Waals surface area contributed by atoms with Crippen LogP contribution in [0.3, 0.4) is 0 Å². The van der Waals surface area contributed by atoms with Crippen LogP contribution in [-0.4, -0.2) is 48.4 Å². The van der Waals surface area contributed by atoms with Gasteiger partial charge in [0.1, 0.15) is 12.4 Å².